The van der Waals surface area contributed by atoms with E-state index in [1.807, 2.05) is 30.8 Å². The second kappa shape index (κ2) is 8.93. The molecular formula is C20H23N3O4. The molecule has 1 aromatic carbocycles. The first-order valence-electron chi connectivity index (χ1n) is 8.51. The van der Waals surface area contributed by atoms with E-state index in [1.165, 1.54) is 18.6 Å². The number of aromatic nitrogens is 2. The average molecular weight is 369 g/mol. The molecule has 2 aromatic rings. The highest BCUT2D eigenvalue weighted by Gasteiger charge is 2.11. The number of esters is 1. The van der Waals surface area contributed by atoms with E-state index in [2.05, 4.69) is 29.4 Å². The molecule has 1 heterocycles. The Labute approximate surface area is 158 Å². The van der Waals surface area contributed by atoms with Crippen LogP contribution in [0, 0.1) is 20.8 Å². The van der Waals surface area contributed by atoms with E-state index in [0.29, 0.717) is 6.54 Å². The Balaban J connectivity index is 2.01. The van der Waals surface area contributed by atoms with Crippen molar-refractivity contribution in [3.8, 4) is 0 Å². The van der Waals surface area contributed by atoms with Crippen molar-refractivity contribution in [2.24, 2.45) is 0 Å². The second-order valence-corrected chi connectivity index (χ2v) is 6.27. The van der Waals surface area contributed by atoms with Gasteiger partial charge in [0, 0.05) is 24.3 Å². The van der Waals surface area contributed by atoms with Crippen molar-refractivity contribution in [1.29, 1.82) is 0 Å². The van der Waals surface area contributed by atoms with Crippen LogP contribution in [0.4, 0.5) is 0 Å². The molecule has 0 saturated carbocycles. The van der Waals surface area contributed by atoms with Gasteiger partial charge < -0.3 is 4.74 Å². The molecule has 0 aliphatic rings. The van der Waals surface area contributed by atoms with Gasteiger partial charge in [-0.15, -0.1) is 0 Å². The molecule has 0 aliphatic carbocycles. The summed E-state index contributed by atoms with van der Waals surface area (Å²) in [6.07, 6.45) is 2.86. The summed E-state index contributed by atoms with van der Waals surface area (Å²) in [6.45, 7) is 7.17. The molecule has 0 atom stereocenters. The maximum atomic E-state index is 11.8. The van der Waals surface area contributed by atoms with E-state index in [-0.39, 0.29) is 0 Å². The molecule has 0 fully saturated rings. The molecule has 0 aliphatic heterocycles. The van der Waals surface area contributed by atoms with Gasteiger partial charge in [-0.3, -0.25) is 19.6 Å². The summed E-state index contributed by atoms with van der Waals surface area (Å²) in [7, 11) is 0. The van der Waals surface area contributed by atoms with Crippen LogP contribution in [0.5, 0.6) is 0 Å². The van der Waals surface area contributed by atoms with E-state index in [4.69, 9.17) is 4.74 Å². The minimum absolute atomic E-state index is 0.501. The number of carbonyl (C=O) groups excluding carboxylic acids is 3. The van der Waals surface area contributed by atoms with Crippen molar-refractivity contribution in [3.05, 3.63) is 58.4 Å². The lowest BCUT2D eigenvalue weighted by molar-refractivity contribution is -0.145. The molecule has 1 aromatic heterocycles. The van der Waals surface area contributed by atoms with Gasteiger partial charge in [0.05, 0.1) is 12.2 Å². The third-order valence-corrected chi connectivity index (χ3v) is 3.94. The minimum atomic E-state index is -0.668. The molecule has 0 spiro atoms. The van der Waals surface area contributed by atoms with Crippen LogP contribution in [0.1, 0.15) is 35.0 Å². The summed E-state index contributed by atoms with van der Waals surface area (Å²) >= 11 is 0. The van der Waals surface area contributed by atoms with E-state index >= 15 is 0 Å². The van der Waals surface area contributed by atoms with E-state index in [0.717, 1.165) is 22.5 Å². The van der Waals surface area contributed by atoms with Gasteiger partial charge in [-0.25, -0.2) is 4.79 Å². The van der Waals surface area contributed by atoms with Crippen LogP contribution in [-0.2, 0) is 25.7 Å². The smallest absolute Gasteiger partial charge is 0.331 e. The number of hydrogen-bond donors (Lipinski definition) is 1. The lowest BCUT2D eigenvalue weighted by atomic mass is 10.1. The zero-order chi connectivity index (χ0) is 20.0. The van der Waals surface area contributed by atoms with Gasteiger partial charge in [-0.1, -0.05) is 29.8 Å². The molecule has 0 unspecified atom stereocenters. The van der Waals surface area contributed by atoms with Gasteiger partial charge in [0.1, 0.15) is 0 Å². The number of amides is 2. The normalized spacial score (nSPS) is 10.8. The number of aryl methyl sites for hydroxylation is 2. The van der Waals surface area contributed by atoms with Gasteiger partial charge in [0.25, 0.3) is 5.91 Å². The molecule has 7 heteroatoms. The average Bonchev–Trinajstić information content (AvgIpc) is 2.86. The summed E-state index contributed by atoms with van der Waals surface area (Å²) in [5, 5.41) is 6.55. The number of nitrogens with one attached hydrogen (secondary N) is 1. The van der Waals surface area contributed by atoms with E-state index in [9.17, 15) is 14.4 Å². The highest BCUT2D eigenvalue weighted by atomic mass is 16.5. The number of carbonyl (C=O) groups is 3. The summed E-state index contributed by atoms with van der Waals surface area (Å²) in [4.78, 5) is 33.8. The third-order valence-electron chi connectivity index (χ3n) is 3.94. The Morgan fingerprint density at radius 2 is 1.81 bits per heavy atom. The minimum Gasteiger partial charge on any atom is -0.452 e. The monoisotopic (exact) mass is 369 g/mol. The molecule has 0 saturated heterocycles. The lowest BCUT2D eigenvalue weighted by Gasteiger charge is -2.05. The number of rotatable bonds is 6. The van der Waals surface area contributed by atoms with Crippen LogP contribution in [0.3, 0.4) is 0 Å². The van der Waals surface area contributed by atoms with Gasteiger partial charge in [-0.2, -0.15) is 5.10 Å². The number of imide groups is 1. The van der Waals surface area contributed by atoms with Crippen molar-refractivity contribution in [2.45, 2.75) is 34.2 Å². The molecular weight excluding hydrogens is 346 g/mol. The molecule has 142 valence electrons. The number of benzene rings is 1. The molecule has 7 nitrogen and oxygen atoms in total. The van der Waals surface area contributed by atoms with Crippen LogP contribution in [0.25, 0.3) is 6.08 Å². The van der Waals surface area contributed by atoms with Crippen LogP contribution in [0.15, 0.2) is 30.3 Å². The standard InChI is InChI=1S/C20H23N3O4/c1-13-5-7-17(8-6-13)11-23-15(3)18(14(2)22-23)9-10-20(26)27-12-19(25)21-16(4)24/h5-10H,11-12H2,1-4H3,(H,21,24,25)/b10-9+. The SMILES string of the molecule is CC(=O)NC(=O)COC(=O)/C=C/c1c(C)nn(Cc2ccc(C)cc2)c1C. The highest BCUT2D eigenvalue weighted by Crippen LogP contribution is 2.16. The Morgan fingerprint density at radius 3 is 2.44 bits per heavy atom. The number of nitrogens with zero attached hydrogens (tertiary/aromatic N) is 2. The van der Waals surface area contributed by atoms with Gasteiger partial charge in [0.15, 0.2) is 6.61 Å². The Morgan fingerprint density at radius 1 is 1.15 bits per heavy atom. The second-order valence-electron chi connectivity index (χ2n) is 6.27. The highest BCUT2D eigenvalue weighted by molar-refractivity contribution is 5.96. The molecule has 27 heavy (non-hydrogen) atoms. The van der Waals surface area contributed by atoms with Gasteiger partial charge >= 0.3 is 5.97 Å². The quantitative estimate of drug-likeness (QED) is 0.622. The van der Waals surface area contributed by atoms with Crippen LogP contribution in [-0.4, -0.2) is 34.2 Å². The first-order valence-corrected chi connectivity index (χ1v) is 8.51. The fourth-order valence-electron chi connectivity index (χ4n) is 2.54. The predicted octanol–water partition coefficient (Wildman–Crippen LogP) is 2.08. The van der Waals surface area contributed by atoms with Crippen molar-refractivity contribution in [1.82, 2.24) is 15.1 Å². The largest absolute Gasteiger partial charge is 0.452 e. The number of hydrogen-bond acceptors (Lipinski definition) is 5. The first-order chi connectivity index (χ1) is 12.8. The molecule has 2 amide bonds. The summed E-state index contributed by atoms with van der Waals surface area (Å²) < 4.78 is 6.68. The van der Waals surface area contributed by atoms with Crippen molar-refractivity contribution >= 4 is 23.9 Å². The zero-order valence-corrected chi connectivity index (χ0v) is 15.9. The Bertz CT molecular complexity index is 879. The van der Waals surface area contributed by atoms with Gasteiger partial charge in [0.2, 0.25) is 5.91 Å². The van der Waals surface area contributed by atoms with Crippen LogP contribution >= 0.6 is 0 Å². The van der Waals surface area contributed by atoms with Crippen molar-refractivity contribution in [2.75, 3.05) is 6.61 Å². The van der Waals surface area contributed by atoms with E-state index in [1.54, 1.807) is 6.08 Å². The predicted molar refractivity (Wildman–Crippen MR) is 101 cm³/mol. The summed E-state index contributed by atoms with van der Waals surface area (Å²) in [6, 6.07) is 8.23. The number of ether oxygens (including phenoxy) is 1. The molecule has 2 rings (SSSR count). The van der Waals surface area contributed by atoms with Crippen LogP contribution in [0.2, 0.25) is 0 Å². The fourth-order valence-corrected chi connectivity index (χ4v) is 2.54. The first kappa shape index (κ1) is 20.1. The zero-order valence-electron chi connectivity index (χ0n) is 15.9. The Hall–Kier alpha value is -3.22. The molecule has 1 N–H and O–H groups in total. The van der Waals surface area contributed by atoms with Crippen LogP contribution < -0.4 is 5.32 Å². The van der Waals surface area contributed by atoms with Crippen molar-refractivity contribution < 1.29 is 19.1 Å². The Kier molecular flexibility index (Phi) is 6.65. The molecule has 0 bridgehead atoms. The fraction of sp³-hybridized carbons (Fsp3) is 0.300. The maximum Gasteiger partial charge on any atom is 0.331 e. The van der Waals surface area contributed by atoms with E-state index < -0.39 is 24.4 Å². The summed E-state index contributed by atoms with van der Waals surface area (Å²) in [5.41, 5.74) is 4.88. The van der Waals surface area contributed by atoms with Crippen molar-refractivity contribution in [3.63, 3.8) is 0 Å². The van der Waals surface area contributed by atoms with Gasteiger partial charge in [-0.05, 0) is 32.4 Å². The maximum absolute atomic E-state index is 11.8. The topological polar surface area (TPSA) is 90.3 Å². The molecule has 0 radical (unpaired) electrons. The third kappa shape index (κ3) is 5.91. The lowest BCUT2D eigenvalue weighted by Crippen LogP contribution is -2.32. The summed E-state index contributed by atoms with van der Waals surface area (Å²) in [5.74, 6) is -1.83.